The molecule has 1 rings (SSSR count). The van der Waals surface area contributed by atoms with E-state index in [1.807, 2.05) is 0 Å². The molecule has 0 saturated heterocycles. The smallest absolute Gasteiger partial charge is 0.141 e. The van der Waals surface area contributed by atoms with Gasteiger partial charge in [0, 0.05) is 6.61 Å². The Labute approximate surface area is 93.3 Å². The van der Waals surface area contributed by atoms with Gasteiger partial charge in [0.05, 0.1) is 11.1 Å². The molecule has 0 bridgehead atoms. The van der Waals surface area contributed by atoms with Crippen LogP contribution in [0.15, 0.2) is 18.2 Å². The first-order valence-corrected chi connectivity index (χ1v) is 5.24. The second-order valence-electron chi connectivity index (χ2n) is 3.47. The third-order valence-corrected chi connectivity index (χ3v) is 2.44. The van der Waals surface area contributed by atoms with Gasteiger partial charge in [-0.1, -0.05) is 17.7 Å². The molecule has 0 aliphatic heterocycles. The molecule has 1 aromatic rings. The zero-order valence-corrected chi connectivity index (χ0v) is 9.04. The van der Waals surface area contributed by atoms with E-state index in [9.17, 15) is 9.50 Å². The lowest BCUT2D eigenvalue weighted by Crippen LogP contribution is -2.11. The van der Waals surface area contributed by atoms with Crippen molar-refractivity contribution in [1.29, 1.82) is 0 Å². The van der Waals surface area contributed by atoms with Gasteiger partial charge < -0.3 is 10.2 Å². The van der Waals surface area contributed by atoms with Crippen molar-refractivity contribution in [3.63, 3.8) is 0 Å². The van der Waals surface area contributed by atoms with Crippen molar-refractivity contribution in [1.82, 2.24) is 0 Å². The minimum absolute atomic E-state index is 0.0707. The predicted octanol–water partition coefficient (Wildman–Crippen LogP) is 2.16. The van der Waals surface area contributed by atoms with Crippen LogP contribution in [-0.2, 0) is 6.42 Å². The molecule has 15 heavy (non-hydrogen) atoms. The van der Waals surface area contributed by atoms with Crippen LogP contribution in [0.2, 0.25) is 5.02 Å². The lowest BCUT2D eigenvalue weighted by atomic mass is 10.0. The molecule has 0 saturated carbocycles. The normalized spacial score (nSPS) is 12.8. The van der Waals surface area contributed by atoms with Crippen LogP contribution in [0.3, 0.4) is 0 Å². The van der Waals surface area contributed by atoms with Crippen LogP contribution in [0.25, 0.3) is 0 Å². The summed E-state index contributed by atoms with van der Waals surface area (Å²) < 4.78 is 12.8. The summed E-state index contributed by atoms with van der Waals surface area (Å²) in [5.74, 6) is -0.453. The van der Waals surface area contributed by atoms with E-state index in [0.29, 0.717) is 19.3 Å². The van der Waals surface area contributed by atoms with Crippen LogP contribution in [-0.4, -0.2) is 22.9 Å². The highest BCUT2D eigenvalue weighted by Gasteiger charge is 2.07. The lowest BCUT2D eigenvalue weighted by molar-refractivity contribution is 0.150. The SMILES string of the molecule is OCCCC(O)Cc1ccc(F)c(Cl)c1. The zero-order valence-electron chi connectivity index (χ0n) is 8.29. The first-order valence-electron chi connectivity index (χ1n) is 4.86. The van der Waals surface area contributed by atoms with Gasteiger partial charge in [-0.15, -0.1) is 0 Å². The molecule has 4 heteroatoms. The van der Waals surface area contributed by atoms with Gasteiger partial charge in [0.1, 0.15) is 5.82 Å². The Morgan fingerprint density at radius 1 is 1.40 bits per heavy atom. The highest BCUT2D eigenvalue weighted by atomic mass is 35.5. The van der Waals surface area contributed by atoms with Crippen molar-refractivity contribution in [3.05, 3.63) is 34.6 Å². The minimum Gasteiger partial charge on any atom is -0.396 e. The standard InChI is InChI=1S/C11H14ClFO2/c12-10-7-8(3-4-11(10)13)6-9(15)2-1-5-14/h3-4,7,9,14-15H,1-2,5-6H2. The molecule has 2 nitrogen and oxygen atoms in total. The van der Waals surface area contributed by atoms with Gasteiger partial charge in [0.2, 0.25) is 0 Å². The van der Waals surface area contributed by atoms with Gasteiger partial charge >= 0.3 is 0 Å². The molecule has 0 aromatic heterocycles. The molecular formula is C11H14ClFO2. The molecule has 0 aliphatic carbocycles. The Bertz CT molecular complexity index is 317. The number of aliphatic hydroxyl groups excluding tert-OH is 2. The average Bonchev–Trinajstić information content (AvgIpc) is 2.20. The Morgan fingerprint density at radius 2 is 2.13 bits per heavy atom. The molecule has 0 fully saturated rings. The molecule has 0 spiro atoms. The molecule has 0 heterocycles. The summed E-state index contributed by atoms with van der Waals surface area (Å²) >= 11 is 5.60. The van der Waals surface area contributed by atoms with Gasteiger partial charge in [-0.25, -0.2) is 4.39 Å². The summed E-state index contributed by atoms with van der Waals surface area (Å²) in [6.45, 7) is 0.0707. The van der Waals surface area contributed by atoms with Crippen molar-refractivity contribution in [2.24, 2.45) is 0 Å². The fraction of sp³-hybridized carbons (Fsp3) is 0.455. The van der Waals surface area contributed by atoms with Gasteiger partial charge in [-0.2, -0.15) is 0 Å². The number of rotatable bonds is 5. The third-order valence-electron chi connectivity index (χ3n) is 2.15. The Morgan fingerprint density at radius 3 is 2.73 bits per heavy atom. The van der Waals surface area contributed by atoms with Crippen molar-refractivity contribution >= 4 is 11.6 Å². The largest absolute Gasteiger partial charge is 0.396 e. The number of hydrogen-bond donors (Lipinski definition) is 2. The summed E-state index contributed by atoms with van der Waals surface area (Å²) in [6, 6.07) is 4.40. The second-order valence-corrected chi connectivity index (χ2v) is 3.88. The quantitative estimate of drug-likeness (QED) is 0.817. The number of aliphatic hydroxyl groups is 2. The van der Waals surface area contributed by atoms with Crippen LogP contribution in [0.4, 0.5) is 4.39 Å². The topological polar surface area (TPSA) is 40.5 Å². The Hall–Kier alpha value is -0.640. The monoisotopic (exact) mass is 232 g/mol. The summed E-state index contributed by atoms with van der Waals surface area (Å²) in [4.78, 5) is 0. The molecule has 0 aliphatic rings. The summed E-state index contributed by atoms with van der Waals surface area (Å²) in [5.41, 5.74) is 0.798. The van der Waals surface area contributed by atoms with E-state index in [4.69, 9.17) is 16.7 Å². The maximum atomic E-state index is 12.8. The van der Waals surface area contributed by atoms with Gasteiger partial charge in [0.15, 0.2) is 0 Å². The maximum Gasteiger partial charge on any atom is 0.141 e. The van der Waals surface area contributed by atoms with Crippen LogP contribution < -0.4 is 0 Å². The van der Waals surface area contributed by atoms with Gasteiger partial charge in [-0.3, -0.25) is 0 Å². The number of benzene rings is 1. The molecule has 1 atom stereocenters. The number of halogens is 2. The van der Waals surface area contributed by atoms with E-state index in [1.165, 1.54) is 12.1 Å². The van der Waals surface area contributed by atoms with Crippen molar-refractivity contribution < 1.29 is 14.6 Å². The number of hydrogen-bond acceptors (Lipinski definition) is 2. The third kappa shape index (κ3) is 4.16. The zero-order chi connectivity index (χ0) is 11.3. The minimum atomic E-state index is -0.515. The Kier molecular flexibility index (Phi) is 5.02. The fourth-order valence-electron chi connectivity index (χ4n) is 1.37. The second kappa shape index (κ2) is 6.05. The van der Waals surface area contributed by atoms with E-state index < -0.39 is 11.9 Å². The van der Waals surface area contributed by atoms with E-state index in [1.54, 1.807) is 6.07 Å². The van der Waals surface area contributed by atoms with E-state index in [0.717, 1.165) is 5.56 Å². The summed E-state index contributed by atoms with van der Waals surface area (Å²) in [6.07, 6.45) is 1.01. The predicted molar refractivity (Wildman–Crippen MR) is 57.4 cm³/mol. The van der Waals surface area contributed by atoms with Crippen molar-refractivity contribution in [2.45, 2.75) is 25.4 Å². The summed E-state index contributed by atoms with van der Waals surface area (Å²) in [5, 5.41) is 18.2. The lowest BCUT2D eigenvalue weighted by Gasteiger charge is -2.09. The first-order chi connectivity index (χ1) is 7.13. The summed E-state index contributed by atoms with van der Waals surface area (Å²) in [7, 11) is 0. The molecule has 0 amide bonds. The van der Waals surface area contributed by atoms with Gasteiger partial charge in [-0.05, 0) is 37.0 Å². The highest BCUT2D eigenvalue weighted by molar-refractivity contribution is 6.30. The molecule has 1 unspecified atom stereocenters. The van der Waals surface area contributed by atoms with Crippen LogP contribution in [0.5, 0.6) is 0 Å². The molecule has 2 N–H and O–H groups in total. The van der Waals surface area contributed by atoms with Gasteiger partial charge in [0.25, 0.3) is 0 Å². The Balaban J connectivity index is 2.53. The van der Waals surface area contributed by atoms with E-state index in [2.05, 4.69) is 0 Å². The molecular weight excluding hydrogens is 219 g/mol. The average molecular weight is 233 g/mol. The van der Waals surface area contributed by atoms with Crippen molar-refractivity contribution in [2.75, 3.05) is 6.61 Å². The van der Waals surface area contributed by atoms with E-state index in [-0.39, 0.29) is 11.6 Å². The highest BCUT2D eigenvalue weighted by Crippen LogP contribution is 2.17. The van der Waals surface area contributed by atoms with Crippen LogP contribution in [0, 0.1) is 5.82 Å². The molecule has 84 valence electrons. The maximum absolute atomic E-state index is 12.8. The first kappa shape index (κ1) is 12.4. The van der Waals surface area contributed by atoms with Crippen LogP contribution >= 0.6 is 11.6 Å². The van der Waals surface area contributed by atoms with Crippen LogP contribution in [0.1, 0.15) is 18.4 Å². The van der Waals surface area contributed by atoms with Crippen molar-refractivity contribution in [3.8, 4) is 0 Å². The molecule has 1 aromatic carbocycles. The fourth-order valence-corrected chi connectivity index (χ4v) is 1.57. The van der Waals surface area contributed by atoms with E-state index >= 15 is 0 Å². The molecule has 0 radical (unpaired) electrons.